The second-order valence-corrected chi connectivity index (χ2v) is 9.33. The van der Waals surface area contributed by atoms with Crippen molar-refractivity contribution in [3.8, 4) is 5.75 Å². The number of rotatable bonds is 5. The van der Waals surface area contributed by atoms with Crippen LogP contribution >= 0.6 is 0 Å². The second kappa shape index (κ2) is 7.74. The number of hydrogen-bond acceptors (Lipinski definition) is 4. The fourth-order valence-corrected chi connectivity index (χ4v) is 4.25. The standard InChI is InChI=1S/C18H28N2O4S/c1-5-14-25(22,23)20-12-10-19(11-13-20)17(21)15-6-8-16(9-7-15)24-18(2,3)4/h6-9H,5,10-14H2,1-4H3. The second-order valence-electron chi connectivity index (χ2n) is 7.25. The lowest BCUT2D eigenvalue weighted by Crippen LogP contribution is -2.51. The third-order valence-electron chi connectivity index (χ3n) is 3.91. The minimum absolute atomic E-state index is 0.0742. The molecule has 0 unspecified atom stereocenters. The zero-order chi connectivity index (χ0) is 18.7. The van der Waals surface area contributed by atoms with E-state index in [2.05, 4.69) is 0 Å². The van der Waals surface area contributed by atoms with Crippen molar-refractivity contribution in [2.45, 2.75) is 39.7 Å². The molecule has 1 aliphatic rings. The first-order valence-electron chi connectivity index (χ1n) is 8.68. The highest BCUT2D eigenvalue weighted by molar-refractivity contribution is 7.89. The summed E-state index contributed by atoms with van der Waals surface area (Å²) < 4.78 is 31.4. The molecular weight excluding hydrogens is 340 g/mol. The van der Waals surface area contributed by atoms with Crippen LogP contribution in [0.3, 0.4) is 0 Å². The molecule has 1 saturated heterocycles. The molecule has 7 heteroatoms. The third kappa shape index (κ3) is 5.44. The van der Waals surface area contributed by atoms with E-state index in [9.17, 15) is 13.2 Å². The van der Waals surface area contributed by atoms with E-state index in [0.29, 0.717) is 38.2 Å². The summed E-state index contributed by atoms with van der Waals surface area (Å²) in [5, 5.41) is 0. The monoisotopic (exact) mass is 368 g/mol. The number of piperazine rings is 1. The summed E-state index contributed by atoms with van der Waals surface area (Å²) in [6, 6.07) is 7.09. The van der Waals surface area contributed by atoms with Gasteiger partial charge < -0.3 is 9.64 Å². The molecule has 1 aromatic carbocycles. The largest absolute Gasteiger partial charge is 0.488 e. The number of ether oxygens (including phenoxy) is 1. The van der Waals surface area contributed by atoms with Crippen LogP contribution in [0.2, 0.25) is 0 Å². The summed E-state index contributed by atoms with van der Waals surface area (Å²) in [6.45, 7) is 9.32. The van der Waals surface area contributed by atoms with Gasteiger partial charge in [-0.3, -0.25) is 4.79 Å². The molecule has 140 valence electrons. The Morgan fingerprint density at radius 1 is 1.08 bits per heavy atom. The maximum atomic E-state index is 12.6. The molecule has 1 aromatic rings. The average Bonchev–Trinajstić information content (AvgIpc) is 2.53. The maximum absolute atomic E-state index is 12.6. The summed E-state index contributed by atoms with van der Waals surface area (Å²) in [5.41, 5.74) is 0.303. The predicted molar refractivity (Wildman–Crippen MR) is 98.4 cm³/mol. The van der Waals surface area contributed by atoms with Crippen LogP contribution in [0.1, 0.15) is 44.5 Å². The van der Waals surface area contributed by atoms with Crippen molar-refractivity contribution < 1.29 is 17.9 Å². The van der Waals surface area contributed by atoms with Gasteiger partial charge in [0.05, 0.1) is 5.75 Å². The molecule has 0 aliphatic carbocycles. The molecule has 1 fully saturated rings. The fraction of sp³-hybridized carbons (Fsp3) is 0.611. The molecule has 25 heavy (non-hydrogen) atoms. The molecule has 1 aliphatic heterocycles. The van der Waals surface area contributed by atoms with Crippen molar-refractivity contribution in [1.82, 2.24) is 9.21 Å². The lowest BCUT2D eigenvalue weighted by Gasteiger charge is -2.34. The number of sulfonamides is 1. The minimum atomic E-state index is -3.19. The van der Waals surface area contributed by atoms with Crippen LogP contribution in [0.15, 0.2) is 24.3 Å². The highest BCUT2D eigenvalue weighted by Gasteiger charge is 2.28. The summed E-state index contributed by atoms with van der Waals surface area (Å²) in [6.07, 6.45) is 0.602. The van der Waals surface area contributed by atoms with Gasteiger partial charge in [0.1, 0.15) is 11.4 Å². The Hall–Kier alpha value is -1.60. The summed E-state index contributed by atoms with van der Waals surface area (Å²) >= 11 is 0. The fourth-order valence-electron chi connectivity index (χ4n) is 2.76. The normalized spacial score (nSPS) is 16.7. The number of nitrogens with zero attached hydrogens (tertiary/aromatic N) is 2. The molecule has 1 heterocycles. The van der Waals surface area contributed by atoms with E-state index in [0.717, 1.165) is 5.75 Å². The Morgan fingerprint density at radius 2 is 1.64 bits per heavy atom. The van der Waals surface area contributed by atoms with Crippen LogP contribution < -0.4 is 4.74 Å². The van der Waals surface area contributed by atoms with Crippen LogP contribution in [0.25, 0.3) is 0 Å². The van der Waals surface area contributed by atoms with Gasteiger partial charge in [-0.2, -0.15) is 4.31 Å². The van der Waals surface area contributed by atoms with Gasteiger partial charge >= 0.3 is 0 Å². The molecule has 0 aromatic heterocycles. The van der Waals surface area contributed by atoms with Gasteiger partial charge in [-0.15, -0.1) is 0 Å². The van der Waals surface area contributed by atoms with Gasteiger partial charge in [0, 0.05) is 31.7 Å². The minimum Gasteiger partial charge on any atom is -0.488 e. The van der Waals surface area contributed by atoms with E-state index in [1.54, 1.807) is 29.2 Å². The zero-order valence-electron chi connectivity index (χ0n) is 15.5. The maximum Gasteiger partial charge on any atom is 0.253 e. The summed E-state index contributed by atoms with van der Waals surface area (Å²) in [5.74, 6) is 0.810. The zero-order valence-corrected chi connectivity index (χ0v) is 16.3. The van der Waals surface area contributed by atoms with Crippen LogP contribution in [-0.2, 0) is 10.0 Å². The lowest BCUT2D eigenvalue weighted by atomic mass is 10.1. The van der Waals surface area contributed by atoms with E-state index in [-0.39, 0.29) is 17.3 Å². The number of amides is 1. The van der Waals surface area contributed by atoms with E-state index in [1.165, 1.54) is 4.31 Å². The van der Waals surface area contributed by atoms with Gasteiger partial charge in [-0.1, -0.05) is 6.92 Å². The lowest BCUT2D eigenvalue weighted by molar-refractivity contribution is 0.0698. The van der Waals surface area contributed by atoms with E-state index >= 15 is 0 Å². The van der Waals surface area contributed by atoms with Crippen molar-refractivity contribution >= 4 is 15.9 Å². The highest BCUT2D eigenvalue weighted by atomic mass is 32.2. The van der Waals surface area contributed by atoms with Crippen LogP contribution in [0, 0.1) is 0 Å². The Bertz CT molecular complexity index is 685. The SMILES string of the molecule is CCCS(=O)(=O)N1CCN(C(=O)c2ccc(OC(C)(C)C)cc2)CC1. The van der Waals surface area contributed by atoms with Gasteiger partial charge in [-0.05, 0) is 51.5 Å². The van der Waals surface area contributed by atoms with Crippen molar-refractivity contribution in [2.75, 3.05) is 31.9 Å². The van der Waals surface area contributed by atoms with Gasteiger partial charge in [-0.25, -0.2) is 8.42 Å². The van der Waals surface area contributed by atoms with Crippen LogP contribution in [-0.4, -0.2) is 61.1 Å². The molecule has 6 nitrogen and oxygen atoms in total. The van der Waals surface area contributed by atoms with E-state index in [1.807, 2.05) is 27.7 Å². The quantitative estimate of drug-likeness (QED) is 0.800. The van der Waals surface area contributed by atoms with Crippen molar-refractivity contribution in [3.05, 3.63) is 29.8 Å². The Balaban J connectivity index is 1.96. The number of hydrogen-bond donors (Lipinski definition) is 0. The van der Waals surface area contributed by atoms with Gasteiger partial charge in [0.25, 0.3) is 5.91 Å². The van der Waals surface area contributed by atoms with Gasteiger partial charge in [0.2, 0.25) is 10.0 Å². The van der Waals surface area contributed by atoms with Crippen LogP contribution in [0.4, 0.5) is 0 Å². The molecule has 0 N–H and O–H groups in total. The number of carbonyl (C=O) groups excluding carboxylic acids is 1. The Morgan fingerprint density at radius 3 is 2.12 bits per heavy atom. The Labute approximate surface area is 150 Å². The first-order valence-corrected chi connectivity index (χ1v) is 10.3. The molecule has 0 bridgehead atoms. The first kappa shape index (κ1) is 19.7. The number of carbonyl (C=O) groups is 1. The van der Waals surface area contributed by atoms with Gasteiger partial charge in [0.15, 0.2) is 0 Å². The smallest absolute Gasteiger partial charge is 0.253 e. The summed E-state index contributed by atoms with van der Waals surface area (Å²) in [7, 11) is -3.19. The van der Waals surface area contributed by atoms with Crippen molar-refractivity contribution in [1.29, 1.82) is 0 Å². The highest BCUT2D eigenvalue weighted by Crippen LogP contribution is 2.20. The molecular formula is C18H28N2O4S. The molecule has 0 radical (unpaired) electrons. The van der Waals surface area contributed by atoms with Crippen LogP contribution in [0.5, 0.6) is 5.75 Å². The van der Waals surface area contributed by atoms with Crippen molar-refractivity contribution in [3.63, 3.8) is 0 Å². The van der Waals surface area contributed by atoms with Crippen molar-refractivity contribution in [2.24, 2.45) is 0 Å². The molecule has 0 saturated carbocycles. The molecule has 0 atom stereocenters. The topological polar surface area (TPSA) is 66.9 Å². The predicted octanol–water partition coefficient (Wildman–Crippen LogP) is 2.36. The first-order chi connectivity index (χ1) is 11.6. The summed E-state index contributed by atoms with van der Waals surface area (Å²) in [4.78, 5) is 14.3. The molecule has 1 amide bonds. The van der Waals surface area contributed by atoms with E-state index in [4.69, 9.17) is 4.74 Å². The molecule has 2 rings (SSSR count). The number of benzene rings is 1. The Kier molecular flexibility index (Phi) is 6.11. The average molecular weight is 368 g/mol. The van der Waals surface area contributed by atoms with E-state index < -0.39 is 10.0 Å². The third-order valence-corrected chi connectivity index (χ3v) is 5.98. The molecule has 0 spiro atoms.